The molecular formula is C13H15BrN2O3. The number of nitro groups is 1. The number of carbonyl (C=O) groups excluding carboxylic acids is 1. The summed E-state index contributed by atoms with van der Waals surface area (Å²) in [5.41, 5.74) is 0.238. The highest BCUT2D eigenvalue weighted by Crippen LogP contribution is 2.27. The first-order valence-corrected chi connectivity index (χ1v) is 7.01. The minimum Gasteiger partial charge on any atom is -0.349 e. The molecule has 0 saturated heterocycles. The Balaban J connectivity index is 2.11. The minimum atomic E-state index is -0.501. The number of rotatable bonds is 3. The van der Waals surface area contributed by atoms with E-state index in [-0.39, 0.29) is 17.6 Å². The molecule has 1 saturated carbocycles. The van der Waals surface area contributed by atoms with Crippen LogP contribution in [0.1, 0.15) is 36.5 Å². The predicted molar refractivity (Wildman–Crippen MR) is 75.1 cm³/mol. The third-order valence-corrected chi connectivity index (χ3v) is 4.11. The van der Waals surface area contributed by atoms with Gasteiger partial charge in [-0.3, -0.25) is 14.9 Å². The van der Waals surface area contributed by atoms with E-state index in [0.29, 0.717) is 16.0 Å². The molecule has 6 heteroatoms. The number of benzene rings is 1. The Morgan fingerprint density at radius 2 is 2.21 bits per heavy atom. The van der Waals surface area contributed by atoms with Gasteiger partial charge in [-0.1, -0.05) is 6.92 Å². The van der Waals surface area contributed by atoms with E-state index in [1.54, 1.807) is 6.07 Å². The van der Waals surface area contributed by atoms with Crippen LogP contribution in [0.5, 0.6) is 0 Å². The molecule has 1 amide bonds. The average molecular weight is 327 g/mol. The van der Waals surface area contributed by atoms with Gasteiger partial charge in [0.2, 0.25) is 0 Å². The minimum absolute atomic E-state index is 0.0903. The van der Waals surface area contributed by atoms with Crippen molar-refractivity contribution in [2.24, 2.45) is 5.92 Å². The normalized spacial score (nSPS) is 22.2. The summed E-state index contributed by atoms with van der Waals surface area (Å²) >= 11 is 3.10. The monoisotopic (exact) mass is 326 g/mol. The maximum Gasteiger partial charge on any atom is 0.284 e. The standard InChI is InChI=1S/C13H15BrN2O3/c1-8-2-4-10(6-8)15-13(17)9-3-5-11(14)12(7-9)16(18)19/h3,5,7-8,10H,2,4,6H2,1H3,(H,15,17). The van der Waals surface area contributed by atoms with E-state index in [1.165, 1.54) is 12.1 Å². The Bertz CT molecular complexity index is 519. The SMILES string of the molecule is CC1CCC(NC(=O)c2ccc(Br)c([N+](=O)[O-])c2)C1. The fourth-order valence-corrected chi connectivity index (χ4v) is 2.79. The van der Waals surface area contributed by atoms with Crippen molar-refractivity contribution in [1.82, 2.24) is 5.32 Å². The summed E-state index contributed by atoms with van der Waals surface area (Å²) in [7, 11) is 0. The first-order valence-electron chi connectivity index (χ1n) is 6.22. The van der Waals surface area contributed by atoms with Crippen molar-refractivity contribution in [2.75, 3.05) is 0 Å². The molecule has 102 valence electrons. The van der Waals surface area contributed by atoms with Gasteiger partial charge in [-0.2, -0.15) is 0 Å². The molecule has 1 N–H and O–H groups in total. The lowest BCUT2D eigenvalue weighted by Gasteiger charge is -2.12. The van der Waals surface area contributed by atoms with E-state index < -0.39 is 4.92 Å². The van der Waals surface area contributed by atoms with E-state index >= 15 is 0 Å². The first kappa shape index (κ1) is 14.0. The third-order valence-electron chi connectivity index (χ3n) is 3.44. The van der Waals surface area contributed by atoms with Gasteiger partial charge < -0.3 is 5.32 Å². The van der Waals surface area contributed by atoms with Gasteiger partial charge in [-0.15, -0.1) is 0 Å². The highest BCUT2D eigenvalue weighted by atomic mass is 79.9. The van der Waals surface area contributed by atoms with Gasteiger partial charge in [0.25, 0.3) is 11.6 Å². The molecule has 2 unspecified atom stereocenters. The van der Waals surface area contributed by atoms with E-state index in [0.717, 1.165) is 19.3 Å². The first-order chi connectivity index (χ1) is 8.97. The summed E-state index contributed by atoms with van der Waals surface area (Å²) in [6.45, 7) is 2.16. The Morgan fingerprint density at radius 3 is 2.79 bits per heavy atom. The number of nitrogens with one attached hydrogen (secondary N) is 1. The fourth-order valence-electron chi connectivity index (χ4n) is 2.40. The Kier molecular flexibility index (Phi) is 4.19. The summed E-state index contributed by atoms with van der Waals surface area (Å²) in [5, 5.41) is 13.8. The molecule has 0 bridgehead atoms. The van der Waals surface area contributed by atoms with Gasteiger partial charge in [-0.05, 0) is 53.2 Å². The molecule has 1 aromatic rings. The summed E-state index contributed by atoms with van der Waals surface area (Å²) in [6, 6.07) is 4.61. The summed E-state index contributed by atoms with van der Waals surface area (Å²) in [5.74, 6) is 0.388. The third kappa shape index (κ3) is 3.32. The van der Waals surface area contributed by atoms with E-state index in [4.69, 9.17) is 0 Å². The zero-order chi connectivity index (χ0) is 14.0. The van der Waals surface area contributed by atoms with Crippen molar-refractivity contribution >= 4 is 27.5 Å². The molecule has 19 heavy (non-hydrogen) atoms. The molecule has 1 fully saturated rings. The van der Waals surface area contributed by atoms with Crippen LogP contribution in [0.25, 0.3) is 0 Å². The number of amides is 1. The molecule has 0 aromatic heterocycles. The van der Waals surface area contributed by atoms with Gasteiger partial charge in [0.05, 0.1) is 9.40 Å². The van der Waals surface area contributed by atoms with Crippen molar-refractivity contribution in [3.05, 3.63) is 38.3 Å². The highest BCUT2D eigenvalue weighted by Gasteiger charge is 2.24. The largest absolute Gasteiger partial charge is 0.349 e. The second-order valence-corrected chi connectivity index (χ2v) is 5.87. The second kappa shape index (κ2) is 5.69. The lowest BCUT2D eigenvalue weighted by Crippen LogP contribution is -2.32. The van der Waals surface area contributed by atoms with Crippen molar-refractivity contribution in [3.63, 3.8) is 0 Å². The average Bonchev–Trinajstić information content (AvgIpc) is 2.74. The molecule has 1 aromatic carbocycles. The fraction of sp³-hybridized carbons (Fsp3) is 0.462. The zero-order valence-electron chi connectivity index (χ0n) is 10.6. The number of halogens is 1. The van der Waals surface area contributed by atoms with E-state index in [2.05, 4.69) is 28.2 Å². The quantitative estimate of drug-likeness (QED) is 0.684. The van der Waals surface area contributed by atoms with Crippen LogP contribution in [-0.2, 0) is 0 Å². The second-order valence-electron chi connectivity index (χ2n) is 5.01. The Morgan fingerprint density at radius 1 is 1.47 bits per heavy atom. The van der Waals surface area contributed by atoms with E-state index in [9.17, 15) is 14.9 Å². The number of nitro benzene ring substituents is 1. The molecule has 0 radical (unpaired) electrons. The number of hydrogen-bond acceptors (Lipinski definition) is 3. The van der Waals surface area contributed by atoms with Crippen LogP contribution >= 0.6 is 15.9 Å². The van der Waals surface area contributed by atoms with Crippen molar-refractivity contribution in [3.8, 4) is 0 Å². The molecule has 2 atom stereocenters. The summed E-state index contributed by atoms with van der Waals surface area (Å²) in [6.07, 6.45) is 3.07. The highest BCUT2D eigenvalue weighted by molar-refractivity contribution is 9.10. The topological polar surface area (TPSA) is 72.2 Å². The number of nitrogens with zero attached hydrogens (tertiary/aromatic N) is 1. The molecule has 2 rings (SSSR count). The molecule has 1 aliphatic carbocycles. The van der Waals surface area contributed by atoms with Crippen LogP contribution < -0.4 is 5.32 Å². The van der Waals surface area contributed by atoms with Gasteiger partial charge in [0, 0.05) is 17.7 Å². The Labute approximate surface area is 119 Å². The number of hydrogen-bond donors (Lipinski definition) is 1. The van der Waals surface area contributed by atoms with Gasteiger partial charge >= 0.3 is 0 Å². The number of carbonyl (C=O) groups is 1. The van der Waals surface area contributed by atoms with Crippen LogP contribution in [0.4, 0.5) is 5.69 Å². The predicted octanol–water partition coefficient (Wildman–Crippen LogP) is 3.28. The maximum atomic E-state index is 12.0. The van der Waals surface area contributed by atoms with Gasteiger partial charge in [0.15, 0.2) is 0 Å². The lowest BCUT2D eigenvalue weighted by atomic mass is 10.1. The van der Waals surface area contributed by atoms with Gasteiger partial charge in [-0.25, -0.2) is 0 Å². The lowest BCUT2D eigenvalue weighted by molar-refractivity contribution is -0.385. The van der Waals surface area contributed by atoms with Crippen molar-refractivity contribution in [1.29, 1.82) is 0 Å². The molecule has 1 aliphatic rings. The maximum absolute atomic E-state index is 12.0. The van der Waals surface area contributed by atoms with Crippen LogP contribution in [-0.4, -0.2) is 16.9 Å². The zero-order valence-corrected chi connectivity index (χ0v) is 12.1. The molecule has 0 aliphatic heterocycles. The van der Waals surface area contributed by atoms with Crippen molar-refractivity contribution in [2.45, 2.75) is 32.2 Å². The molecule has 0 spiro atoms. The van der Waals surface area contributed by atoms with Crippen molar-refractivity contribution < 1.29 is 9.72 Å². The molecule has 0 heterocycles. The summed E-state index contributed by atoms with van der Waals surface area (Å²) in [4.78, 5) is 22.4. The summed E-state index contributed by atoms with van der Waals surface area (Å²) < 4.78 is 0.378. The smallest absolute Gasteiger partial charge is 0.284 e. The molecule has 5 nitrogen and oxygen atoms in total. The molecular weight excluding hydrogens is 312 g/mol. The van der Waals surface area contributed by atoms with Crippen LogP contribution in [0.15, 0.2) is 22.7 Å². The van der Waals surface area contributed by atoms with Crippen LogP contribution in [0, 0.1) is 16.0 Å². The Hall–Kier alpha value is -1.43. The van der Waals surface area contributed by atoms with Crippen LogP contribution in [0.3, 0.4) is 0 Å². The van der Waals surface area contributed by atoms with Gasteiger partial charge in [0.1, 0.15) is 0 Å². The van der Waals surface area contributed by atoms with Crippen LogP contribution in [0.2, 0.25) is 0 Å². The van der Waals surface area contributed by atoms with E-state index in [1.807, 2.05) is 0 Å².